The van der Waals surface area contributed by atoms with E-state index in [9.17, 15) is 0 Å². The van der Waals surface area contributed by atoms with Gasteiger partial charge in [0.2, 0.25) is 0 Å². The molecule has 1 heterocycles. The molecule has 0 saturated heterocycles. The fourth-order valence-corrected chi connectivity index (χ4v) is 8.54. The lowest BCUT2D eigenvalue weighted by Crippen LogP contribution is -2.10. The van der Waals surface area contributed by atoms with Crippen LogP contribution in [0.2, 0.25) is 0 Å². The van der Waals surface area contributed by atoms with E-state index in [1.807, 2.05) is 0 Å². The highest BCUT2D eigenvalue weighted by molar-refractivity contribution is 6.18. The average molecular weight is 687 g/mol. The number of aromatic nitrogens is 1. The molecule has 2 nitrogen and oxygen atoms in total. The highest BCUT2D eigenvalue weighted by Gasteiger charge is 2.19. The second kappa shape index (κ2) is 12.2. The van der Waals surface area contributed by atoms with Gasteiger partial charge in [0.15, 0.2) is 0 Å². The lowest BCUT2D eigenvalue weighted by Gasteiger charge is -2.27. The van der Waals surface area contributed by atoms with E-state index in [0.29, 0.717) is 0 Å². The number of benzene rings is 10. The van der Waals surface area contributed by atoms with Crippen molar-refractivity contribution in [1.82, 2.24) is 4.57 Å². The Morgan fingerprint density at radius 1 is 0.278 bits per heavy atom. The van der Waals surface area contributed by atoms with Crippen LogP contribution in [0.1, 0.15) is 0 Å². The van der Waals surface area contributed by atoms with Crippen molar-refractivity contribution >= 4 is 82.0 Å². The summed E-state index contributed by atoms with van der Waals surface area (Å²) in [6.07, 6.45) is 0. The molecule has 0 amide bonds. The normalized spacial score (nSPS) is 11.7. The summed E-state index contributed by atoms with van der Waals surface area (Å²) in [4.78, 5) is 2.43. The van der Waals surface area contributed by atoms with Crippen LogP contribution >= 0.6 is 0 Å². The van der Waals surface area contributed by atoms with Crippen LogP contribution in [0.15, 0.2) is 206 Å². The van der Waals surface area contributed by atoms with Crippen LogP contribution in [-0.2, 0) is 0 Å². The van der Waals surface area contributed by atoms with E-state index in [0.717, 1.165) is 22.7 Å². The smallest absolute Gasteiger partial charge is 0.0561 e. The van der Waals surface area contributed by atoms with Gasteiger partial charge in [0.25, 0.3) is 0 Å². The fourth-order valence-electron chi connectivity index (χ4n) is 8.54. The average Bonchev–Trinajstić information content (AvgIpc) is 3.57. The zero-order valence-corrected chi connectivity index (χ0v) is 29.5. The van der Waals surface area contributed by atoms with Crippen LogP contribution in [0.4, 0.5) is 17.1 Å². The van der Waals surface area contributed by atoms with Gasteiger partial charge in [0.1, 0.15) is 0 Å². The van der Waals surface area contributed by atoms with Crippen molar-refractivity contribution in [3.8, 4) is 16.8 Å². The monoisotopic (exact) mass is 686 g/mol. The molecule has 11 aromatic rings. The predicted molar refractivity (Wildman–Crippen MR) is 231 cm³/mol. The molecular weight excluding hydrogens is 653 g/mol. The molecular formula is C52H34N2. The summed E-state index contributed by atoms with van der Waals surface area (Å²) in [5, 5.41) is 12.5. The van der Waals surface area contributed by atoms with Crippen molar-refractivity contribution in [3.05, 3.63) is 206 Å². The van der Waals surface area contributed by atoms with Crippen molar-refractivity contribution in [2.45, 2.75) is 0 Å². The summed E-state index contributed by atoms with van der Waals surface area (Å²) in [6.45, 7) is 0. The fraction of sp³-hybridized carbons (Fsp3) is 0. The maximum Gasteiger partial charge on any atom is 0.0561 e. The zero-order valence-electron chi connectivity index (χ0n) is 29.5. The molecule has 0 radical (unpaired) electrons. The van der Waals surface area contributed by atoms with Gasteiger partial charge >= 0.3 is 0 Å². The number of anilines is 3. The Hall–Kier alpha value is -7.16. The van der Waals surface area contributed by atoms with E-state index in [2.05, 4.69) is 216 Å². The SMILES string of the molecule is c1ccc(-n2c3ccccc3c3ccc(N(c4cccc(-c5ccc6ccccc6c5)c4)c4ccc5ccc6c7ccccc7ccc6c5c4)cc32)cc1. The maximum absolute atomic E-state index is 2.43. The van der Waals surface area contributed by atoms with Gasteiger partial charge < -0.3 is 9.47 Å². The first-order valence-corrected chi connectivity index (χ1v) is 18.6. The Bertz CT molecular complexity index is 3230. The molecule has 0 bridgehead atoms. The Morgan fingerprint density at radius 2 is 0.852 bits per heavy atom. The molecule has 1 aromatic heterocycles. The highest BCUT2D eigenvalue weighted by atomic mass is 15.1. The van der Waals surface area contributed by atoms with Gasteiger partial charge in [-0.05, 0) is 115 Å². The number of hydrogen-bond acceptors (Lipinski definition) is 1. The number of nitrogens with zero attached hydrogens (tertiary/aromatic N) is 2. The van der Waals surface area contributed by atoms with Crippen LogP contribution in [0.25, 0.3) is 81.7 Å². The minimum atomic E-state index is 1.10. The van der Waals surface area contributed by atoms with Crippen molar-refractivity contribution < 1.29 is 0 Å². The van der Waals surface area contributed by atoms with Gasteiger partial charge in [-0.3, -0.25) is 0 Å². The first-order valence-electron chi connectivity index (χ1n) is 18.6. The van der Waals surface area contributed by atoms with Crippen LogP contribution in [0.3, 0.4) is 0 Å². The van der Waals surface area contributed by atoms with Gasteiger partial charge in [-0.1, -0.05) is 146 Å². The van der Waals surface area contributed by atoms with Gasteiger partial charge in [-0.15, -0.1) is 0 Å². The predicted octanol–water partition coefficient (Wildman–Crippen LogP) is 14.5. The first-order chi connectivity index (χ1) is 26.8. The molecule has 0 spiro atoms. The van der Waals surface area contributed by atoms with Crippen LogP contribution in [0.5, 0.6) is 0 Å². The molecule has 0 aliphatic rings. The minimum absolute atomic E-state index is 1.10. The van der Waals surface area contributed by atoms with E-state index in [4.69, 9.17) is 0 Å². The molecule has 0 aliphatic heterocycles. The molecule has 252 valence electrons. The van der Waals surface area contributed by atoms with Crippen LogP contribution < -0.4 is 4.90 Å². The minimum Gasteiger partial charge on any atom is -0.310 e. The van der Waals surface area contributed by atoms with Crippen molar-refractivity contribution in [2.75, 3.05) is 4.90 Å². The molecule has 10 aromatic carbocycles. The molecule has 0 atom stereocenters. The standard InChI is InChI=1S/C52H34N2/c1-2-15-41(16-3-1)54-51-20-9-8-19-48(51)49-30-27-44(34-52(49)54)53(42-17-10-14-39(32-42)40-22-21-35-11-4-5-13-38(35)31-40)43-26-23-37-25-28-46-45-18-7-6-12-36(45)24-29-47(46)50(37)33-43/h1-34H. The second-order valence-electron chi connectivity index (χ2n) is 14.2. The summed E-state index contributed by atoms with van der Waals surface area (Å²) in [7, 11) is 0. The Kier molecular flexibility index (Phi) is 6.90. The summed E-state index contributed by atoms with van der Waals surface area (Å²) >= 11 is 0. The summed E-state index contributed by atoms with van der Waals surface area (Å²) in [6, 6.07) is 75.4. The third kappa shape index (κ3) is 4.88. The maximum atomic E-state index is 2.43. The van der Waals surface area contributed by atoms with Gasteiger partial charge in [-0.2, -0.15) is 0 Å². The van der Waals surface area contributed by atoms with E-state index in [1.165, 1.54) is 76.0 Å². The quantitative estimate of drug-likeness (QED) is 0.164. The number of para-hydroxylation sites is 2. The summed E-state index contributed by atoms with van der Waals surface area (Å²) < 4.78 is 2.40. The summed E-state index contributed by atoms with van der Waals surface area (Å²) in [5.41, 5.74) is 9.22. The molecule has 0 aliphatic carbocycles. The first kappa shape index (κ1) is 30.5. The van der Waals surface area contributed by atoms with E-state index >= 15 is 0 Å². The number of hydrogen-bond donors (Lipinski definition) is 0. The van der Waals surface area contributed by atoms with Crippen LogP contribution in [-0.4, -0.2) is 4.57 Å². The van der Waals surface area contributed by atoms with Crippen LogP contribution in [0, 0.1) is 0 Å². The van der Waals surface area contributed by atoms with E-state index in [1.54, 1.807) is 0 Å². The summed E-state index contributed by atoms with van der Waals surface area (Å²) in [5.74, 6) is 0. The van der Waals surface area contributed by atoms with Crippen molar-refractivity contribution in [1.29, 1.82) is 0 Å². The second-order valence-corrected chi connectivity index (χ2v) is 14.2. The Labute approximate surface area is 313 Å². The van der Waals surface area contributed by atoms with E-state index in [-0.39, 0.29) is 0 Å². The molecule has 0 N–H and O–H groups in total. The van der Waals surface area contributed by atoms with Gasteiger partial charge in [0, 0.05) is 33.5 Å². The lowest BCUT2D eigenvalue weighted by molar-refractivity contribution is 1.18. The number of fused-ring (bicyclic) bond motifs is 9. The van der Waals surface area contributed by atoms with Gasteiger partial charge in [0.05, 0.1) is 11.0 Å². The zero-order chi connectivity index (χ0) is 35.6. The van der Waals surface area contributed by atoms with Gasteiger partial charge in [-0.25, -0.2) is 0 Å². The molecule has 11 rings (SSSR count). The van der Waals surface area contributed by atoms with E-state index < -0.39 is 0 Å². The molecule has 0 unspecified atom stereocenters. The molecule has 0 saturated carbocycles. The highest BCUT2D eigenvalue weighted by Crippen LogP contribution is 2.42. The third-order valence-corrected chi connectivity index (χ3v) is 11.1. The topological polar surface area (TPSA) is 8.17 Å². The third-order valence-electron chi connectivity index (χ3n) is 11.1. The number of rotatable bonds is 5. The largest absolute Gasteiger partial charge is 0.310 e. The Balaban J connectivity index is 1.16. The lowest BCUT2D eigenvalue weighted by atomic mass is 9.96. The van der Waals surface area contributed by atoms with Crippen molar-refractivity contribution in [3.63, 3.8) is 0 Å². The van der Waals surface area contributed by atoms with Crippen molar-refractivity contribution in [2.24, 2.45) is 0 Å². The molecule has 54 heavy (non-hydrogen) atoms. The molecule has 0 fully saturated rings. The Morgan fingerprint density at radius 3 is 1.72 bits per heavy atom. The molecule has 2 heteroatoms.